The molecular formula is C26H38N4O6S. The zero-order chi connectivity index (χ0) is 27.2. The summed E-state index contributed by atoms with van der Waals surface area (Å²) in [6.07, 6.45) is 2.90. The fourth-order valence-corrected chi connectivity index (χ4v) is 5.26. The van der Waals surface area contributed by atoms with Gasteiger partial charge in [0.15, 0.2) is 9.84 Å². The highest BCUT2D eigenvalue weighted by atomic mass is 32.2. The van der Waals surface area contributed by atoms with Crippen molar-refractivity contribution in [3.05, 3.63) is 54.1 Å². The summed E-state index contributed by atoms with van der Waals surface area (Å²) in [5.74, 6) is -2.37. The third-order valence-corrected chi connectivity index (χ3v) is 9.35. The second kappa shape index (κ2) is 12.2. The van der Waals surface area contributed by atoms with Gasteiger partial charge in [-0.15, -0.1) is 0 Å². The van der Waals surface area contributed by atoms with Crippen molar-refractivity contribution in [1.82, 2.24) is 20.6 Å². The lowest BCUT2D eigenvalue weighted by Gasteiger charge is -2.26. The van der Waals surface area contributed by atoms with Crippen LogP contribution in [0.25, 0.3) is 0 Å². The Bertz CT molecular complexity index is 1130. The van der Waals surface area contributed by atoms with Crippen molar-refractivity contribution in [1.29, 1.82) is 0 Å². The van der Waals surface area contributed by atoms with E-state index in [1.165, 1.54) is 12.5 Å². The summed E-state index contributed by atoms with van der Waals surface area (Å²) in [5, 5.41) is 25.7. The molecule has 10 nitrogen and oxygen atoms in total. The van der Waals surface area contributed by atoms with Crippen LogP contribution in [0.4, 0.5) is 0 Å². The van der Waals surface area contributed by atoms with Gasteiger partial charge in [0.25, 0.3) is 0 Å². The number of carbonyl (C=O) groups is 2. The van der Waals surface area contributed by atoms with Crippen LogP contribution in [0.3, 0.4) is 0 Å². The molecule has 37 heavy (non-hydrogen) atoms. The van der Waals surface area contributed by atoms with Crippen LogP contribution in [0.15, 0.2) is 42.9 Å². The van der Waals surface area contributed by atoms with E-state index in [0.29, 0.717) is 5.69 Å². The standard InChI is InChI=1S/C26H38N4O6S/c1-26(2,3)37(35,36)15-19(11-17-7-5-4-6-8-17)24(33)30-21(12-20-13-27-16-29-20)25(34)28-14-22(31)23(32)18-9-10-18/h4-8,13,16,18-19,21-23,31-32H,9-12,14-15H2,1-3H3,(H,27,29)(H,28,34)(H,30,33)/t19-,21+,22-,23+/m1/s1. The van der Waals surface area contributed by atoms with Gasteiger partial charge < -0.3 is 25.8 Å². The molecule has 0 aliphatic heterocycles. The summed E-state index contributed by atoms with van der Waals surface area (Å²) in [5.41, 5.74) is 1.40. The first-order chi connectivity index (χ1) is 17.4. The second-order valence-electron chi connectivity index (χ2n) is 10.8. The van der Waals surface area contributed by atoms with Gasteiger partial charge in [-0.2, -0.15) is 0 Å². The Balaban J connectivity index is 1.76. The van der Waals surface area contributed by atoms with Crippen LogP contribution < -0.4 is 10.6 Å². The summed E-state index contributed by atoms with van der Waals surface area (Å²) >= 11 is 0. The number of aromatic nitrogens is 2. The van der Waals surface area contributed by atoms with Crippen molar-refractivity contribution in [2.24, 2.45) is 11.8 Å². The van der Waals surface area contributed by atoms with Crippen LogP contribution in [0, 0.1) is 11.8 Å². The first kappa shape index (κ1) is 28.8. The molecule has 3 rings (SSSR count). The van der Waals surface area contributed by atoms with Crippen LogP contribution in [0.2, 0.25) is 0 Å². The van der Waals surface area contributed by atoms with Gasteiger partial charge in [0.2, 0.25) is 11.8 Å². The molecule has 1 aromatic heterocycles. The predicted molar refractivity (Wildman–Crippen MR) is 139 cm³/mol. The summed E-state index contributed by atoms with van der Waals surface area (Å²) in [6.45, 7) is 4.61. The monoisotopic (exact) mass is 534 g/mol. The van der Waals surface area contributed by atoms with E-state index >= 15 is 0 Å². The van der Waals surface area contributed by atoms with Crippen LogP contribution in [-0.2, 0) is 32.3 Å². The second-order valence-corrected chi connectivity index (χ2v) is 13.6. The molecule has 0 unspecified atom stereocenters. The lowest BCUT2D eigenvalue weighted by Crippen LogP contribution is -2.53. The number of amides is 2. The van der Waals surface area contributed by atoms with Crippen molar-refractivity contribution >= 4 is 21.7 Å². The minimum absolute atomic E-state index is 0.0379. The molecule has 0 saturated heterocycles. The fourth-order valence-electron chi connectivity index (χ4n) is 3.96. The van der Waals surface area contributed by atoms with Crippen molar-refractivity contribution in [3.63, 3.8) is 0 Å². The molecule has 2 aromatic rings. The molecule has 4 atom stereocenters. The van der Waals surface area contributed by atoms with Gasteiger partial charge in [-0.1, -0.05) is 30.3 Å². The van der Waals surface area contributed by atoms with E-state index in [0.717, 1.165) is 18.4 Å². The van der Waals surface area contributed by atoms with Gasteiger partial charge in [0.1, 0.15) is 6.04 Å². The first-order valence-corrected chi connectivity index (χ1v) is 14.2. The Morgan fingerprint density at radius 2 is 1.78 bits per heavy atom. The molecule has 204 valence electrons. The number of carbonyl (C=O) groups excluding carboxylic acids is 2. The summed E-state index contributed by atoms with van der Waals surface area (Å²) in [4.78, 5) is 33.4. The number of hydrogen-bond donors (Lipinski definition) is 5. The van der Waals surface area contributed by atoms with Gasteiger partial charge in [-0.25, -0.2) is 13.4 Å². The minimum atomic E-state index is -3.64. The van der Waals surface area contributed by atoms with Crippen LogP contribution >= 0.6 is 0 Å². The van der Waals surface area contributed by atoms with E-state index in [1.807, 2.05) is 30.3 Å². The molecule has 0 bridgehead atoms. The number of aromatic amines is 1. The van der Waals surface area contributed by atoms with Crippen LogP contribution in [0.5, 0.6) is 0 Å². The average Bonchev–Trinajstić information content (AvgIpc) is 3.56. The van der Waals surface area contributed by atoms with E-state index < -0.39 is 50.6 Å². The SMILES string of the molecule is CC(C)(C)S(=O)(=O)C[C@@H](Cc1ccccc1)C(=O)N[C@@H](Cc1cnc[nH]1)C(=O)NC[C@@H](O)[C@@H](O)C1CC1. The van der Waals surface area contributed by atoms with Gasteiger partial charge in [0.05, 0.1) is 35.0 Å². The Hall–Kier alpha value is -2.76. The maximum atomic E-state index is 13.5. The summed E-state index contributed by atoms with van der Waals surface area (Å²) in [6, 6.07) is 8.07. The maximum absolute atomic E-state index is 13.5. The molecule has 2 amide bonds. The van der Waals surface area contributed by atoms with Crippen molar-refractivity contribution in [2.45, 2.75) is 69.5 Å². The Kier molecular flexibility index (Phi) is 9.49. The zero-order valence-corrected chi connectivity index (χ0v) is 22.4. The lowest BCUT2D eigenvalue weighted by molar-refractivity contribution is -0.131. The third kappa shape index (κ3) is 8.37. The number of aliphatic hydroxyl groups is 2. The minimum Gasteiger partial charge on any atom is -0.390 e. The van der Waals surface area contributed by atoms with Gasteiger partial charge in [0, 0.05) is 24.9 Å². The van der Waals surface area contributed by atoms with Crippen molar-refractivity contribution in [2.75, 3.05) is 12.3 Å². The van der Waals surface area contributed by atoms with E-state index in [4.69, 9.17) is 0 Å². The van der Waals surface area contributed by atoms with E-state index in [9.17, 15) is 28.2 Å². The van der Waals surface area contributed by atoms with Gasteiger partial charge in [-0.05, 0) is 51.5 Å². The number of hydrogen-bond acceptors (Lipinski definition) is 7. The van der Waals surface area contributed by atoms with Crippen molar-refractivity contribution in [3.8, 4) is 0 Å². The number of nitrogens with zero attached hydrogens (tertiary/aromatic N) is 1. The van der Waals surface area contributed by atoms with E-state index in [1.54, 1.807) is 20.8 Å². The molecule has 0 radical (unpaired) electrons. The average molecular weight is 535 g/mol. The molecule has 1 fully saturated rings. The maximum Gasteiger partial charge on any atom is 0.243 e. The quantitative estimate of drug-likeness (QED) is 0.253. The number of nitrogens with one attached hydrogen (secondary N) is 3. The predicted octanol–water partition coefficient (Wildman–Crippen LogP) is 0.757. The molecule has 5 N–H and O–H groups in total. The summed E-state index contributed by atoms with van der Waals surface area (Å²) in [7, 11) is -3.64. The van der Waals surface area contributed by atoms with E-state index in [-0.39, 0.29) is 31.1 Å². The Morgan fingerprint density at radius 1 is 1.11 bits per heavy atom. The topological polar surface area (TPSA) is 161 Å². The number of rotatable bonds is 13. The van der Waals surface area contributed by atoms with Crippen LogP contribution in [-0.4, -0.2) is 75.7 Å². The summed E-state index contributed by atoms with van der Waals surface area (Å²) < 4.78 is 25.0. The highest BCUT2D eigenvalue weighted by Gasteiger charge is 2.37. The molecule has 0 spiro atoms. The largest absolute Gasteiger partial charge is 0.390 e. The molecule has 1 saturated carbocycles. The number of sulfone groups is 1. The Morgan fingerprint density at radius 3 is 2.35 bits per heavy atom. The zero-order valence-electron chi connectivity index (χ0n) is 21.6. The molecule has 1 aromatic carbocycles. The van der Waals surface area contributed by atoms with Gasteiger partial charge >= 0.3 is 0 Å². The van der Waals surface area contributed by atoms with Crippen molar-refractivity contribution < 1.29 is 28.2 Å². The lowest BCUT2D eigenvalue weighted by atomic mass is 9.99. The molecule has 11 heteroatoms. The van der Waals surface area contributed by atoms with Crippen LogP contribution in [0.1, 0.15) is 44.9 Å². The highest BCUT2D eigenvalue weighted by molar-refractivity contribution is 7.92. The normalized spacial score (nSPS) is 17.4. The van der Waals surface area contributed by atoms with Gasteiger partial charge in [-0.3, -0.25) is 9.59 Å². The molecular weight excluding hydrogens is 496 g/mol. The molecule has 1 aliphatic carbocycles. The smallest absolute Gasteiger partial charge is 0.243 e. The number of H-pyrrole nitrogens is 1. The molecule has 1 heterocycles. The number of benzene rings is 1. The number of imidazole rings is 1. The first-order valence-electron chi connectivity index (χ1n) is 12.5. The third-order valence-electron chi connectivity index (χ3n) is 6.65. The van der Waals surface area contributed by atoms with E-state index in [2.05, 4.69) is 20.6 Å². The highest BCUT2D eigenvalue weighted by Crippen LogP contribution is 2.33. The number of aliphatic hydroxyl groups excluding tert-OH is 2. The fraction of sp³-hybridized carbons (Fsp3) is 0.577. The Labute approximate surface area is 218 Å². The molecule has 1 aliphatic rings.